The number of aliphatic hydroxyl groups is 4. The van der Waals surface area contributed by atoms with Gasteiger partial charge in [-0.2, -0.15) is 0 Å². The van der Waals surface area contributed by atoms with Crippen molar-refractivity contribution in [3.05, 3.63) is 71.8 Å². The maximum Gasteiger partial charge on any atom is 0.112 e. The Labute approximate surface area is 135 Å². The number of rotatable bonds is 8. The second kappa shape index (κ2) is 8.76. The van der Waals surface area contributed by atoms with Crippen molar-refractivity contribution in [2.75, 3.05) is 13.2 Å². The average molecular weight is 318 g/mol. The molecule has 0 bridgehead atoms. The molecule has 4 atom stereocenters. The van der Waals surface area contributed by atoms with Gasteiger partial charge in [0.2, 0.25) is 0 Å². The third-order valence-electron chi connectivity index (χ3n) is 3.62. The third kappa shape index (κ3) is 4.60. The van der Waals surface area contributed by atoms with Crippen LogP contribution in [0.25, 0.3) is 0 Å². The van der Waals surface area contributed by atoms with E-state index in [2.05, 4.69) is 0 Å². The highest BCUT2D eigenvalue weighted by molar-refractivity contribution is 5.21. The van der Waals surface area contributed by atoms with Gasteiger partial charge in [0.25, 0.3) is 0 Å². The lowest BCUT2D eigenvalue weighted by Gasteiger charge is -2.30. The molecule has 5 nitrogen and oxygen atoms in total. The highest BCUT2D eigenvalue weighted by Gasteiger charge is 2.29. The van der Waals surface area contributed by atoms with Crippen molar-refractivity contribution in [1.82, 2.24) is 0 Å². The predicted molar refractivity (Wildman–Crippen MR) is 85.6 cm³/mol. The van der Waals surface area contributed by atoms with Crippen molar-refractivity contribution in [2.24, 2.45) is 0 Å². The van der Waals surface area contributed by atoms with Crippen LogP contribution in [-0.2, 0) is 4.74 Å². The molecule has 4 N–H and O–H groups in total. The Hall–Kier alpha value is -1.76. The molecule has 0 saturated carbocycles. The molecule has 23 heavy (non-hydrogen) atoms. The molecule has 2 aromatic carbocycles. The number of benzene rings is 2. The molecule has 0 radical (unpaired) electrons. The van der Waals surface area contributed by atoms with E-state index in [1.54, 1.807) is 48.5 Å². The summed E-state index contributed by atoms with van der Waals surface area (Å²) in [5, 5.41) is 38.8. The first kappa shape index (κ1) is 17.6. The summed E-state index contributed by atoms with van der Waals surface area (Å²) < 4.78 is 5.91. The molecule has 0 aliphatic heterocycles. The minimum absolute atomic E-state index is 0.476. The number of ether oxygens (including phenoxy) is 1. The maximum atomic E-state index is 10.1. The summed E-state index contributed by atoms with van der Waals surface area (Å²) in [6, 6.07) is 18.0. The van der Waals surface area contributed by atoms with Gasteiger partial charge in [0.05, 0.1) is 13.2 Å². The molecular weight excluding hydrogens is 296 g/mol. The molecular formula is C18H22O5. The van der Waals surface area contributed by atoms with E-state index >= 15 is 0 Å². The fraction of sp³-hybridized carbons (Fsp3) is 0.333. The molecule has 0 amide bonds. The van der Waals surface area contributed by atoms with Gasteiger partial charge in [-0.3, -0.25) is 0 Å². The van der Waals surface area contributed by atoms with Crippen molar-refractivity contribution in [2.45, 2.75) is 24.4 Å². The first-order valence-electron chi connectivity index (χ1n) is 7.50. The third-order valence-corrected chi connectivity index (χ3v) is 3.62. The van der Waals surface area contributed by atoms with Crippen LogP contribution in [0.3, 0.4) is 0 Å². The molecule has 0 saturated heterocycles. The molecule has 2 aromatic rings. The van der Waals surface area contributed by atoms with Crippen LogP contribution >= 0.6 is 0 Å². The normalized spacial score (nSPS) is 16.5. The second-order valence-electron chi connectivity index (χ2n) is 5.30. The molecule has 5 heteroatoms. The van der Waals surface area contributed by atoms with Gasteiger partial charge in [-0.25, -0.2) is 0 Å². The summed E-state index contributed by atoms with van der Waals surface area (Å²) >= 11 is 0. The van der Waals surface area contributed by atoms with E-state index in [0.717, 1.165) is 0 Å². The number of hydrogen-bond acceptors (Lipinski definition) is 5. The van der Waals surface area contributed by atoms with E-state index in [-0.39, 0.29) is 0 Å². The van der Waals surface area contributed by atoms with E-state index in [1.807, 2.05) is 12.1 Å². The summed E-state index contributed by atoms with van der Waals surface area (Å²) in [7, 11) is 0. The van der Waals surface area contributed by atoms with E-state index in [4.69, 9.17) is 4.74 Å². The van der Waals surface area contributed by atoms with Crippen molar-refractivity contribution in [1.29, 1.82) is 0 Å². The fourth-order valence-electron chi connectivity index (χ4n) is 2.42. The van der Waals surface area contributed by atoms with Gasteiger partial charge >= 0.3 is 0 Å². The lowest BCUT2D eigenvalue weighted by molar-refractivity contribution is -0.137. The Balaban J connectivity index is 2.30. The van der Waals surface area contributed by atoms with Crippen LogP contribution in [0.1, 0.15) is 23.3 Å². The number of hydrogen-bond donors (Lipinski definition) is 4. The predicted octanol–water partition coefficient (Wildman–Crippen LogP) is 1.19. The molecule has 124 valence electrons. The minimum Gasteiger partial charge on any atom is -0.394 e. The second-order valence-corrected chi connectivity index (χ2v) is 5.30. The first-order valence-corrected chi connectivity index (χ1v) is 7.50. The topological polar surface area (TPSA) is 90.2 Å². The van der Waals surface area contributed by atoms with Crippen LogP contribution in [0.4, 0.5) is 0 Å². The highest BCUT2D eigenvalue weighted by atomic mass is 16.5. The number of aliphatic hydroxyl groups excluding tert-OH is 4. The molecule has 0 spiro atoms. The van der Waals surface area contributed by atoms with Crippen LogP contribution in [0.15, 0.2) is 60.7 Å². The standard InChI is InChI=1S/C18H22O5/c19-11-15(21)17(13-7-3-1-4-8-13)23-18(16(22)12-20)14-9-5-2-6-10-14/h1-10,15-22H,11-12H2. The zero-order valence-electron chi connectivity index (χ0n) is 12.7. The van der Waals surface area contributed by atoms with Gasteiger partial charge in [0.15, 0.2) is 0 Å². The van der Waals surface area contributed by atoms with Gasteiger partial charge in [-0.1, -0.05) is 60.7 Å². The molecule has 0 fully saturated rings. The SMILES string of the molecule is OCC(O)C(OC(c1ccccc1)C(O)CO)c1ccccc1. The fourth-order valence-corrected chi connectivity index (χ4v) is 2.42. The van der Waals surface area contributed by atoms with Gasteiger partial charge in [0, 0.05) is 0 Å². The Morgan fingerprint density at radius 3 is 1.30 bits per heavy atom. The molecule has 0 aromatic heterocycles. The summed E-state index contributed by atoms with van der Waals surface area (Å²) in [5.41, 5.74) is 1.36. The molecule has 2 rings (SSSR count). The maximum absolute atomic E-state index is 10.1. The Kier molecular flexibility index (Phi) is 6.70. The molecule has 0 aliphatic carbocycles. The molecule has 0 heterocycles. The molecule has 0 aliphatic rings. The summed E-state index contributed by atoms with van der Waals surface area (Å²) in [6.07, 6.45) is -3.94. The molecule has 4 unspecified atom stereocenters. The monoisotopic (exact) mass is 318 g/mol. The van der Waals surface area contributed by atoms with E-state index in [0.29, 0.717) is 11.1 Å². The zero-order chi connectivity index (χ0) is 16.7. The summed E-state index contributed by atoms with van der Waals surface area (Å²) in [5.74, 6) is 0. The zero-order valence-corrected chi connectivity index (χ0v) is 12.7. The Morgan fingerprint density at radius 1 is 0.652 bits per heavy atom. The van der Waals surface area contributed by atoms with Gasteiger partial charge in [-0.05, 0) is 11.1 Å². The van der Waals surface area contributed by atoms with E-state index in [1.165, 1.54) is 0 Å². The Morgan fingerprint density at radius 2 is 1.00 bits per heavy atom. The van der Waals surface area contributed by atoms with Crippen LogP contribution < -0.4 is 0 Å². The van der Waals surface area contributed by atoms with Crippen LogP contribution in [0.5, 0.6) is 0 Å². The lowest BCUT2D eigenvalue weighted by atomic mass is 10.0. The Bertz CT molecular complexity index is 509. The van der Waals surface area contributed by atoms with Gasteiger partial charge in [0.1, 0.15) is 24.4 Å². The van der Waals surface area contributed by atoms with Crippen molar-refractivity contribution in [3.63, 3.8) is 0 Å². The van der Waals surface area contributed by atoms with Gasteiger partial charge < -0.3 is 25.2 Å². The van der Waals surface area contributed by atoms with E-state index < -0.39 is 37.6 Å². The lowest BCUT2D eigenvalue weighted by Crippen LogP contribution is -2.32. The van der Waals surface area contributed by atoms with Crippen LogP contribution in [0, 0.1) is 0 Å². The highest BCUT2D eigenvalue weighted by Crippen LogP contribution is 2.31. The van der Waals surface area contributed by atoms with Crippen LogP contribution in [0.2, 0.25) is 0 Å². The van der Waals surface area contributed by atoms with Crippen molar-refractivity contribution < 1.29 is 25.2 Å². The first-order chi connectivity index (χ1) is 11.2. The minimum atomic E-state index is -1.14. The summed E-state index contributed by atoms with van der Waals surface area (Å²) in [6.45, 7) is -0.952. The average Bonchev–Trinajstić information content (AvgIpc) is 2.63. The summed E-state index contributed by atoms with van der Waals surface area (Å²) in [4.78, 5) is 0. The van der Waals surface area contributed by atoms with Gasteiger partial charge in [-0.15, -0.1) is 0 Å². The smallest absolute Gasteiger partial charge is 0.112 e. The van der Waals surface area contributed by atoms with Crippen LogP contribution in [-0.4, -0.2) is 45.8 Å². The van der Waals surface area contributed by atoms with Crippen molar-refractivity contribution >= 4 is 0 Å². The quantitative estimate of drug-likeness (QED) is 0.587. The van der Waals surface area contributed by atoms with E-state index in [9.17, 15) is 20.4 Å². The van der Waals surface area contributed by atoms with Crippen molar-refractivity contribution in [3.8, 4) is 0 Å². The largest absolute Gasteiger partial charge is 0.394 e.